The van der Waals surface area contributed by atoms with Crippen LogP contribution in [-0.2, 0) is 12.8 Å². The van der Waals surface area contributed by atoms with Gasteiger partial charge < -0.3 is 0 Å². The van der Waals surface area contributed by atoms with Crippen LogP contribution in [0.15, 0.2) is 28.3 Å². The zero-order valence-corrected chi connectivity index (χ0v) is 13.6. The number of non-ortho nitro benzene ring substituents is 1. The lowest BCUT2D eigenvalue weighted by atomic mass is 10.1. The van der Waals surface area contributed by atoms with Crippen LogP contribution in [0.2, 0.25) is 0 Å². The molecule has 2 aromatic rings. The molecule has 0 aliphatic heterocycles. The van der Waals surface area contributed by atoms with E-state index in [0.717, 1.165) is 30.7 Å². The molecule has 0 saturated carbocycles. The van der Waals surface area contributed by atoms with Gasteiger partial charge in [-0.15, -0.1) is 0 Å². The highest BCUT2D eigenvalue weighted by atomic mass is 32.2. The third kappa shape index (κ3) is 3.10. The van der Waals surface area contributed by atoms with Crippen molar-refractivity contribution in [3.63, 3.8) is 0 Å². The Balaban J connectivity index is 1.98. The lowest BCUT2D eigenvalue weighted by Crippen LogP contribution is -2.01. The number of nitro groups is 1. The molecule has 0 radical (unpaired) electrons. The van der Waals surface area contributed by atoms with E-state index in [1.807, 2.05) is 6.92 Å². The molecule has 1 aliphatic carbocycles. The Kier molecular flexibility index (Phi) is 4.12. The van der Waals surface area contributed by atoms with E-state index in [-0.39, 0.29) is 11.5 Å². The van der Waals surface area contributed by atoms with Crippen molar-refractivity contribution in [1.29, 1.82) is 0 Å². The highest BCUT2D eigenvalue weighted by Crippen LogP contribution is 2.33. The molecule has 3 rings (SSSR count). The number of rotatable bonds is 4. The topological polar surface area (TPSA) is 86.0 Å². The van der Waals surface area contributed by atoms with Gasteiger partial charge >= 0.3 is 0 Å². The Morgan fingerprint density at radius 1 is 1.30 bits per heavy atom. The summed E-state index contributed by atoms with van der Waals surface area (Å²) in [7, 11) is 0. The summed E-state index contributed by atoms with van der Waals surface area (Å²) in [5, 5.41) is 11.5. The molecule has 118 valence electrons. The Labute approximate surface area is 137 Å². The van der Waals surface area contributed by atoms with Gasteiger partial charge in [-0.25, -0.2) is 9.97 Å². The van der Waals surface area contributed by atoms with Crippen molar-refractivity contribution in [3.8, 4) is 0 Å². The van der Waals surface area contributed by atoms with Crippen LogP contribution in [-0.4, -0.2) is 20.7 Å². The Morgan fingerprint density at radius 3 is 2.78 bits per heavy atom. The van der Waals surface area contributed by atoms with E-state index in [4.69, 9.17) is 0 Å². The van der Waals surface area contributed by atoms with Gasteiger partial charge in [0.15, 0.2) is 10.9 Å². The zero-order valence-electron chi connectivity index (χ0n) is 12.8. The lowest BCUT2D eigenvalue weighted by Gasteiger charge is -2.08. The Hall–Kier alpha value is -2.28. The molecule has 0 bridgehead atoms. The quantitative estimate of drug-likeness (QED) is 0.369. The molecule has 6 nitrogen and oxygen atoms in total. The summed E-state index contributed by atoms with van der Waals surface area (Å²) in [6, 6.07) is 4.30. The van der Waals surface area contributed by atoms with Gasteiger partial charge in [-0.2, -0.15) is 0 Å². The first-order chi connectivity index (χ1) is 11.0. The fourth-order valence-corrected chi connectivity index (χ4v) is 3.72. The summed E-state index contributed by atoms with van der Waals surface area (Å²) in [4.78, 5) is 31.9. The monoisotopic (exact) mass is 329 g/mol. The fourth-order valence-electron chi connectivity index (χ4n) is 2.73. The smallest absolute Gasteiger partial charge is 0.270 e. The predicted octanol–water partition coefficient (Wildman–Crippen LogP) is 3.54. The second kappa shape index (κ2) is 6.08. The highest BCUT2D eigenvalue weighted by molar-refractivity contribution is 7.99. The molecule has 7 heteroatoms. The molecule has 0 saturated heterocycles. The standard InChI is InChI=1S/C16H15N3O3S/c1-9-12-4-3-5-14(12)18-16(17-9)23-15-7-6-11(19(21)22)8-13(15)10(2)20/h6-8H,3-5H2,1-2H3. The van der Waals surface area contributed by atoms with Gasteiger partial charge in [-0.3, -0.25) is 14.9 Å². The lowest BCUT2D eigenvalue weighted by molar-refractivity contribution is -0.384. The minimum atomic E-state index is -0.503. The van der Waals surface area contributed by atoms with Crippen LogP contribution in [0.3, 0.4) is 0 Å². The van der Waals surface area contributed by atoms with Crippen molar-refractivity contribution in [2.24, 2.45) is 0 Å². The number of hydrogen-bond donors (Lipinski definition) is 0. The molecule has 0 unspecified atom stereocenters. The summed E-state index contributed by atoms with van der Waals surface area (Å²) in [5.74, 6) is -0.214. The van der Waals surface area contributed by atoms with Crippen molar-refractivity contribution < 1.29 is 9.72 Å². The first kappa shape index (κ1) is 15.6. The van der Waals surface area contributed by atoms with Gasteiger partial charge in [0, 0.05) is 34.0 Å². The van der Waals surface area contributed by atoms with Crippen LogP contribution in [0.5, 0.6) is 0 Å². The predicted molar refractivity (Wildman–Crippen MR) is 86.0 cm³/mol. The fraction of sp³-hybridized carbons (Fsp3) is 0.312. The molecule has 0 fully saturated rings. The van der Waals surface area contributed by atoms with Crippen LogP contribution in [0.1, 0.15) is 40.7 Å². The molecular weight excluding hydrogens is 314 g/mol. The third-order valence-corrected chi connectivity index (χ3v) is 4.81. The van der Waals surface area contributed by atoms with Crippen LogP contribution >= 0.6 is 11.8 Å². The number of aromatic nitrogens is 2. The van der Waals surface area contributed by atoms with Crippen LogP contribution < -0.4 is 0 Å². The second-order valence-electron chi connectivity index (χ2n) is 5.47. The SMILES string of the molecule is CC(=O)c1cc([N+](=O)[O-])ccc1Sc1nc(C)c2c(n1)CCC2. The number of fused-ring (bicyclic) bond motifs is 1. The summed E-state index contributed by atoms with van der Waals surface area (Å²) >= 11 is 1.28. The number of carbonyl (C=O) groups is 1. The Morgan fingerprint density at radius 2 is 2.09 bits per heavy atom. The normalized spacial score (nSPS) is 13.0. The molecule has 0 N–H and O–H groups in total. The number of Topliss-reactive ketones (excluding diaryl/α,β-unsaturated/α-hetero) is 1. The van der Waals surface area contributed by atoms with E-state index in [0.29, 0.717) is 15.6 Å². The maximum Gasteiger partial charge on any atom is 0.270 e. The van der Waals surface area contributed by atoms with E-state index in [1.165, 1.54) is 36.4 Å². The van der Waals surface area contributed by atoms with Crippen LogP contribution in [0.4, 0.5) is 5.69 Å². The molecular formula is C16H15N3O3S. The van der Waals surface area contributed by atoms with Gasteiger partial charge in [0.25, 0.3) is 5.69 Å². The van der Waals surface area contributed by atoms with Crippen LogP contribution in [0.25, 0.3) is 0 Å². The maximum atomic E-state index is 11.8. The van der Waals surface area contributed by atoms with Gasteiger partial charge in [0.05, 0.1) is 4.92 Å². The van der Waals surface area contributed by atoms with E-state index >= 15 is 0 Å². The summed E-state index contributed by atoms with van der Waals surface area (Å²) in [5.41, 5.74) is 3.51. The summed E-state index contributed by atoms with van der Waals surface area (Å²) in [6.45, 7) is 3.37. The maximum absolute atomic E-state index is 11.8. The summed E-state index contributed by atoms with van der Waals surface area (Å²) in [6.07, 6.45) is 3.06. The minimum absolute atomic E-state index is 0.0920. The van der Waals surface area contributed by atoms with E-state index in [1.54, 1.807) is 6.07 Å². The first-order valence-electron chi connectivity index (χ1n) is 7.29. The largest absolute Gasteiger partial charge is 0.294 e. The van der Waals surface area contributed by atoms with Crippen molar-refractivity contribution in [2.75, 3.05) is 0 Å². The molecule has 0 amide bonds. The number of aryl methyl sites for hydroxylation is 2. The van der Waals surface area contributed by atoms with E-state index < -0.39 is 4.92 Å². The molecule has 23 heavy (non-hydrogen) atoms. The van der Waals surface area contributed by atoms with E-state index in [2.05, 4.69) is 9.97 Å². The summed E-state index contributed by atoms with van der Waals surface area (Å²) < 4.78 is 0. The number of nitro benzene ring substituents is 1. The van der Waals surface area contributed by atoms with Gasteiger partial charge in [0.2, 0.25) is 0 Å². The first-order valence-corrected chi connectivity index (χ1v) is 8.11. The van der Waals surface area contributed by atoms with Crippen molar-refractivity contribution in [3.05, 3.63) is 50.8 Å². The zero-order chi connectivity index (χ0) is 16.6. The number of nitrogens with zero attached hydrogens (tertiary/aromatic N) is 3. The van der Waals surface area contributed by atoms with Crippen LogP contribution in [0, 0.1) is 17.0 Å². The molecule has 0 spiro atoms. The molecule has 1 aromatic carbocycles. The third-order valence-electron chi connectivity index (χ3n) is 3.87. The molecule has 1 aliphatic rings. The second-order valence-corrected chi connectivity index (χ2v) is 6.48. The number of carbonyl (C=O) groups excluding carboxylic acids is 1. The van der Waals surface area contributed by atoms with Gasteiger partial charge in [-0.05, 0) is 56.5 Å². The molecule has 1 aromatic heterocycles. The highest BCUT2D eigenvalue weighted by Gasteiger charge is 2.19. The van der Waals surface area contributed by atoms with Gasteiger partial charge in [-0.1, -0.05) is 0 Å². The number of benzene rings is 1. The van der Waals surface area contributed by atoms with E-state index in [9.17, 15) is 14.9 Å². The van der Waals surface area contributed by atoms with Crippen molar-refractivity contribution in [1.82, 2.24) is 9.97 Å². The Bertz CT molecular complexity index is 820. The molecule has 0 atom stereocenters. The minimum Gasteiger partial charge on any atom is -0.294 e. The van der Waals surface area contributed by atoms with Crippen molar-refractivity contribution in [2.45, 2.75) is 43.2 Å². The number of ketones is 1. The molecule has 1 heterocycles. The average Bonchev–Trinajstić information content (AvgIpc) is 2.96. The van der Waals surface area contributed by atoms with Crippen molar-refractivity contribution >= 4 is 23.2 Å². The average molecular weight is 329 g/mol. The van der Waals surface area contributed by atoms with Gasteiger partial charge in [0.1, 0.15) is 0 Å². The number of hydrogen-bond acceptors (Lipinski definition) is 6.